The van der Waals surface area contributed by atoms with E-state index in [1.165, 1.54) is 77.0 Å². The number of hydrogen-bond donors (Lipinski definition) is 1. The molecular weight excluding hydrogens is 811 g/mol. The molecule has 0 amide bonds. The largest absolute Gasteiger partial charge is 0.477 e. The fourth-order valence-electron chi connectivity index (χ4n) is 7.01. The Balaban J connectivity index is 4.35. The lowest BCUT2D eigenvalue weighted by molar-refractivity contribution is -0.887. The molecule has 8 heteroatoms. The van der Waals surface area contributed by atoms with Crippen molar-refractivity contribution in [3.63, 3.8) is 0 Å². The van der Waals surface area contributed by atoms with Crippen LogP contribution in [-0.4, -0.2) is 80.6 Å². The number of carboxylic acid groups (broad SMARTS) is 1. The minimum absolute atomic E-state index is 0.0369. The number of nitrogens with zero attached hydrogens (tertiary/aromatic N) is 1. The van der Waals surface area contributed by atoms with Crippen LogP contribution in [0.15, 0.2) is 97.2 Å². The average Bonchev–Trinajstić information content (AvgIpc) is 3.27. The number of likely N-dealkylation sites (N-methyl/N-ethyl adjacent to an activating group) is 1. The highest BCUT2D eigenvalue weighted by Crippen LogP contribution is 2.14. The Morgan fingerprint density at radius 1 is 0.477 bits per heavy atom. The van der Waals surface area contributed by atoms with Crippen molar-refractivity contribution in [2.24, 2.45) is 0 Å². The first kappa shape index (κ1) is 61.2. The van der Waals surface area contributed by atoms with Crippen LogP contribution in [0, 0.1) is 0 Å². The normalized spacial score (nSPS) is 13.7. The van der Waals surface area contributed by atoms with Crippen molar-refractivity contribution in [2.45, 2.75) is 206 Å². The number of aliphatic carboxylic acids is 1. The summed E-state index contributed by atoms with van der Waals surface area (Å²) in [6.45, 7) is 4.55. The van der Waals surface area contributed by atoms with Crippen LogP contribution in [0.25, 0.3) is 0 Å². The lowest BCUT2D eigenvalue weighted by Crippen LogP contribution is -2.50. The second kappa shape index (κ2) is 46.8. The molecule has 2 atom stereocenters. The zero-order chi connectivity index (χ0) is 47.7. The quantitative estimate of drug-likeness (QED) is 0.0281. The van der Waals surface area contributed by atoms with Gasteiger partial charge < -0.3 is 23.8 Å². The molecule has 8 nitrogen and oxygen atoms in total. The molecule has 0 aliphatic carbocycles. The van der Waals surface area contributed by atoms with Gasteiger partial charge in [-0.2, -0.15) is 0 Å². The molecule has 0 aromatic rings. The van der Waals surface area contributed by atoms with Gasteiger partial charge in [0.05, 0.1) is 34.4 Å². The van der Waals surface area contributed by atoms with Crippen molar-refractivity contribution >= 4 is 17.9 Å². The van der Waals surface area contributed by atoms with E-state index in [1.807, 2.05) is 21.1 Å². The van der Waals surface area contributed by atoms with E-state index < -0.39 is 18.1 Å². The molecular formula is C57H96NO7+. The lowest BCUT2D eigenvalue weighted by Gasteiger charge is -2.31. The molecule has 370 valence electrons. The van der Waals surface area contributed by atoms with Gasteiger partial charge in [0.2, 0.25) is 0 Å². The fraction of sp³-hybridized carbons (Fsp3) is 0.667. The highest BCUT2D eigenvalue weighted by Gasteiger charge is 2.31. The van der Waals surface area contributed by atoms with Crippen molar-refractivity contribution in [1.29, 1.82) is 0 Å². The summed E-state index contributed by atoms with van der Waals surface area (Å²) >= 11 is 0. The number of quaternary nitrogens is 1. The molecule has 2 unspecified atom stereocenters. The monoisotopic (exact) mass is 907 g/mol. The van der Waals surface area contributed by atoms with E-state index in [1.54, 1.807) is 0 Å². The summed E-state index contributed by atoms with van der Waals surface area (Å²) in [6, 6.07) is -0.629. The molecule has 0 aromatic heterocycles. The zero-order valence-corrected chi connectivity index (χ0v) is 42.2. The number of hydrogen-bond acceptors (Lipinski definition) is 6. The molecule has 65 heavy (non-hydrogen) atoms. The Kier molecular flexibility index (Phi) is 44.1. The summed E-state index contributed by atoms with van der Waals surface area (Å²) in [6.07, 6.45) is 63.1. The number of ether oxygens (including phenoxy) is 3. The van der Waals surface area contributed by atoms with E-state index in [-0.39, 0.29) is 42.7 Å². The van der Waals surface area contributed by atoms with Crippen LogP contribution in [0.4, 0.5) is 0 Å². The molecule has 1 N–H and O–H groups in total. The van der Waals surface area contributed by atoms with Gasteiger partial charge in [-0.05, 0) is 96.3 Å². The summed E-state index contributed by atoms with van der Waals surface area (Å²) < 4.78 is 17.3. The lowest BCUT2D eigenvalue weighted by atomic mass is 10.1. The van der Waals surface area contributed by atoms with Gasteiger partial charge in [0.25, 0.3) is 0 Å². The summed E-state index contributed by atoms with van der Waals surface area (Å²) in [4.78, 5) is 37.2. The van der Waals surface area contributed by atoms with Crippen molar-refractivity contribution in [2.75, 3.05) is 41.0 Å². The molecule has 0 heterocycles. The van der Waals surface area contributed by atoms with Crippen LogP contribution in [0.5, 0.6) is 0 Å². The summed E-state index contributed by atoms with van der Waals surface area (Å²) in [5, 5.41) is 9.66. The maximum absolute atomic E-state index is 12.8. The van der Waals surface area contributed by atoms with Crippen LogP contribution in [0.1, 0.15) is 194 Å². The number of carbonyl (C=O) groups excluding carboxylic acids is 2. The molecule has 0 aromatic carbocycles. The molecule has 0 aliphatic rings. The maximum Gasteiger partial charge on any atom is 0.362 e. The van der Waals surface area contributed by atoms with Gasteiger partial charge in [0.15, 0.2) is 12.1 Å². The van der Waals surface area contributed by atoms with Crippen LogP contribution < -0.4 is 0 Å². The van der Waals surface area contributed by atoms with Gasteiger partial charge in [0, 0.05) is 19.3 Å². The zero-order valence-electron chi connectivity index (χ0n) is 42.2. The number of allylic oxidation sites excluding steroid dienone is 16. The predicted molar refractivity (Wildman–Crippen MR) is 275 cm³/mol. The molecule has 0 radical (unpaired) electrons. The fourth-order valence-corrected chi connectivity index (χ4v) is 7.01. The number of carboxylic acids is 1. The van der Waals surface area contributed by atoms with E-state index >= 15 is 0 Å². The number of unbranched alkanes of at least 4 members (excludes halogenated alkanes) is 15. The Labute approximate surface area is 398 Å². The standard InChI is InChI=1S/C57H95NO7/c1-6-8-10-12-14-16-18-20-22-24-26-28-30-32-34-36-38-40-42-44-46-48-56(60)65-53(51-63-50-49-54(57(61)62)58(3,4)5)52-64-55(59)47-45-43-41-39-37-35-33-31-29-27-25-23-21-19-17-15-13-11-9-7-2/h9,11,14-17,20-23,26,28,32,34,38,40,53-54H,6-8,10,12-13,18-19,24-25,27,29-31,33,35-37,39,41-52H2,1-5H3/p+1/b11-9+,16-14+,17-15+,22-20+,23-21+,28-26+,34-32+,40-38+. The van der Waals surface area contributed by atoms with E-state index in [2.05, 4.69) is 111 Å². The smallest absolute Gasteiger partial charge is 0.362 e. The SMILES string of the molecule is CC/C=C/C/C=C/C/C=C/CCCCCCCCCCCCC(=O)OCC(COCCC(C(=O)O)[N+](C)(C)C)OC(=O)CCCC/C=C/C/C=C/C/C=C/C/C=C/C/C=C/CCCCC. The molecule has 0 saturated carbocycles. The van der Waals surface area contributed by atoms with Gasteiger partial charge in [0.1, 0.15) is 6.61 Å². The Morgan fingerprint density at radius 3 is 1.31 bits per heavy atom. The number of rotatable bonds is 45. The van der Waals surface area contributed by atoms with E-state index in [9.17, 15) is 19.5 Å². The van der Waals surface area contributed by atoms with Gasteiger partial charge in [-0.15, -0.1) is 0 Å². The Morgan fingerprint density at radius 2 is 0.862 bits per heavy atom. The van der Waals surface area contributed by atoms with Crippen molar-refractivity contribution < 1.29 is 38.2 Å². The van der Waals surface area contributed by atoms with Gasteiger partial charge in [-0.25, -0.2) is 4.79 Å². The van der Waals surface area contributed by atoms with Crippen LogP contribution in [-0.2, 0) is 28.6 Å². The Hall–Kier alpha value is -3.75. The molecule has 0 saturated heterocycles. The minimum Gasteiger partial charge on any atom is -0.477 e. The summed E-state index contributed by atoms with van der Waals surface area (Å²) in [5.74, 6) is -1.54. The van der Waals surface area contributed by atoms with Crippen molar-refractivity contribution in [1.82, 2.24) is 0 Å². The molecule has 0 bridgehead atoms. The van der Waals surface area contributed by atoms with Gasteiger partial charge >= 0.3 is 17.9 Å². The molecule has 0 spiro atoms. The van der Waals surface area contributed by atoms with Gasteiger partial charge in [-0.1, -0.05) is 175 Å². The van der Waals surface area contributed by atoms with Gasteiger partial charge in [-0.3, -0.25) is 9.59 Å². The third kappa shape index (κ3) is 45.2. The van der Waals surface area contributed by atoms with E-state index in [0.717, 1.165) is 77.0 Å². The third-order valence-corrected chi connectivity index (χ3v) is 11.0. The first-order valence-corrected chi connectivity index (χ1v) is 25.8. The second-order valence-corrected chi connectivity index (χ2v) is 18.0. The van der Waals surface area contributed by atoms with Crippen LogP contribution in [0.3, 0.4) is 0 Å². The van der Waals surface area contributed by atoms with Crippen LogP contribution in [0.2, 0.25) is 0 Å². The molecule has 0 rings (SSSR count). The highest BCUT2D eigenvalue weighted by atomic mass is 16.6. The van der Waals surface area contributed by atoms with Crippen molar-refractivity contribution in [3.8, 4) is 0 Å². The maximum atomic E-state index is 12.8. The number of carbonyl (C=O) groups is 3. The summed E-state index contributed by atoms with van der Waals surface area (Å²) in [5.41, 5.74) is 0. The average molecular weight is 907 g/mol. The number of esters is 2. The topological polar surface area (TPSA) is 99.1 Å². The first-order chi connectivity index (χ1) is 31.6. The van der Waals surface area contributed by atoms with E-state index in [0.29, 0.717) is 19.3 Å². The Bertz CT molecular complexity index is 1380. The highest BCUT2D eigenvalue weighted by molar-refractivity contribution is 5.72. The third-order valence-electron chi connectivity index (χ3n) is 11.0. The van der Waals surface area contributed by atoms with Crippen LogP contribution >= 0.6 is 0 Å². The second-order valence-electron chi connectivity index (χ2n) is 18.0. The van der Waals surface area contributed by atoms with Crippen molar-refractivity contribution in [3.05, 3.63) is 97.2 Å². The minimum atomic E-state index is -0.886. The summed E-state index contributed by atoms with van der Waals surface area (Å²) in [7, 11) is 5.51. The predicted octanol–water partition coefficient (Wildman–Crippen LogP) is 15.0. The first-order valence-electron chi connectivity index (χ1n) is 25.8. The molecule has 0 aliphatic heterocycles. The molecule has 0 fully saturated rings. The van der Waals surface area contributed by atoms with E-state index in [4.69, 9.17) is 14.2 Å².